The molecule has 0 amide bonds. The van der Waals surface area contributed by atoms with Crippen molar-refractivity contribution in [2.45, 2.75) is 19.4 Å². The van der Waals surface area contributed by atoms with Crippen molar-refractivity contribution in [3.8, 4) is 11.5 Å². The van der Waals surface area contributed by atoms with E-state index in [1.165, 1.54) is 0 Å². The van der Waals surface area contributed by atoms with Crippen LogP contribution in [0.2, 0.25) is 5.02 Å². The van der Waals surface area contributed by atoms with Crippen LogP contribution in [-0.4, -0.2) is 19.3 Å². The monoisotopic (exact) mass is 364 g/mol. The third kappa shape index (κ3) is 4.76. The van der Waals surface area contributed by atoms with Crippen LogP contribution in [0.25, 0.3) is 0 Å². The van der Waals surface area contributed by atoms with Crippen LogP contribution in [0.4, 0.5) is 5.69 Å². The van der Waals surface area contributed by atoms with Gasteiger partial charge in [0.05, 0.1) is 20.3 Å². The Kier molecular flexibility index (Phi) is 6.70. The van der Waals surface area contributed by atoms with E-state index in [4.69, 9.17) is 33.3 Å². The Balaban J connectivity index is 2.08. The predicted molar refractivity (Wildman–Crippen MR) is 103 cm³/mol. The lowest BCUT2D eigenvalue weighted by molar-refractivity contribution is 0.354. The Hall–Kier alpha value is -1.98. The minimum atomic E-state index is 0.0668. The summed E-state index contributed by atoms with van der Waals surface area (Å²) in [5.74, 6) is 1.41. The fourth-order valence-electron chi connectivity index (χ4n) is 2.35. The lowest BCUT2D eigenvalue weighted by Crippen LogP contribution is -2.32. The summed E-state index contributed by atoms with van der Waals surface area (Å²) in [6.45, 7) is 2.10. The molecule has 2 N–H and O–H groups in total. The summed E-state index contributed by atoms with van der Waals surface area (Å²) < 4.78 is 10.6. The highest BCUT2D eigenvalue weighted by molar-refractivity contribution is 7.80. The van der Waals surface area contributed by atoms with Gasteiger partial charge in [-0.2, -0.15) is 0 Å². The molecule has 0 aliphatic rings. The van der Waals surface area contributed by atoms with Crippen molar-refractivity contribution in [2.24, 2.45) is 0 Å². The minimum Gasteiger partial charge on any atom is -0.493 e. The Morgan fingerprint density at radius 3 is 2.33 bits per heavy atom. The van der Waals surface area contributed by atoms with Crippen LogP contribution >= 0.6 is 23.8 Å². The van der Waals surface area contributed by atoms with Gasteiger partial charge in [0.25, 0.3) is 0 Å². The van der Waals surface area contributed by atoms with Crippen molar-refractivity contribution in [3.63, 3.8) is 0 Å². The molecule has 0 radical (unpaired) electrons. The standard InChI is InChI=1S/C18H21ClN2O2S/c1-4-15(12-5-10-16(22-2)17(11-12)23-3)21-18(24)20-14-8-6-13(19)7-9-14/h5-11,15H,4H2,1-3H3,(H2,20,21,24)/t15-/m0/s1. The Morgan fingerprint density at radius 1 is 1.08 bits per heavy atom. The molecule has 2 rings (SSSR count). The number of methoxy groups -OCH3 is 2. The molecular formula is C18H21ClN2O2S. The molecule has 4 nitrogen and oxygen atoms in total. The summed E-state index contributed by atoms with van der Waals surface area (Å²) in [5, 5.41) is 7.73. The van der Waals surface area contributed by atoms with Crippen molar-refractivity contribution in [1.29, 1.82) is 0 Å². The average molecular weight is 365 g/mol. The van der Waals surface area contributed by atoms with E-state index in [9.17, 15) is 0 Å². The molecule has 24 heavy (non-hydrogen) atoms. The Morgan fingerprint density at radius 2 is 1.75 bits per heavy atom. The van der Waals surface area contributed by atoms with E-state index in [0.29, 0.717) is 21.6 Å². The molecule has 0 aliphatic heterocycles. The summed E-state index contributed by atoms with van der Waals surface area (Å²) in [4.78, 5) is 0. The SMILES string of the molecule is CC[C@H](NC(=S)Nc1ccc(Cl)cc1)c1ccc(OC)c(OC)c1. The number of thiocarbonyl (C=S) groups is 1. The first-order valence-corrected chi connectivity index (χ1v) is 8.41. The number of benzene rings is 2. The second-order valence-electron chi connectivity index (χ2n) is 5.18. The molecular weight excluding hydrogens is 344 g/mol. The molecule has 2 aromatic rings. The van der Waals surface area contributed by atoms with E-state index < -0.39 is 0 Å². The second-order valence-corrected chi connectivity index (χ2v) is 6.03. The van der Waals surface area contributed by atoms with Crippen LogP contribution < -0.4 is 20.1 Å². The number of anilines is 1. The number of nitrogens with one attached hydrogen (secondary N) is 2. The zero-order valence-electron chi connectivity index (χ0n) is 13.9. The molecule has 0 fully saturated rings. The van der Waals surface area contributed by atoms with Gasteiger partial charge in [0.1, 0.15) is 0 Å². The molecule has 0 saturated heterocycles. The molecule has 0 bridgehead atoms. The Labute approximate surface area is 153 Å². The fourth-order valence-corrected chi connectivity index (χ4v) is 2.74. The lowest BCUT2D eigenvalue weighted by Gasteiger charge is -2.21. The minimum absolute atomic E-state index is 0.0668. The van der Waals surface area contributed by atoms with Gasteiger partial charge in [0.2, 0.25) is 0 Å². The van der Waals surface area contributed by atoms with Crippen LogP contribution in [0.1, 0.15) is 24.9 Å². The third-order valence-electron chi connectivity index (χ3n) is 3.63. The molecule has 6 heteroatoms. The summed E-state index contributed by atoms with van der Waals surface area (Å²) in [6.07, 6.45) is 0.873. The topological polar surface area (TPSA) is 42.5 Å². The highest BCUT2D eigenvalue weighted by atomic mass is 35.5. The number of halogens is 1. The van der Waals surface area contributed by atoms with E-state index >= 15 is 0 Å². The maximum absolute atomic E-state index is 5.89. The number of rotatable bonds is 6. The van der Waals surface area contributed by atoms with Gasteiger partial charge < -0.3 is 20.1 Å². The summed E-state index contributed by atoms with van der Waals surface area (Å²) in [7, 11) is 3.25. The highest BCUT2D eigenvalue weighted by Gasteiger charge is 2.14. The van der Waals surface area contributed by atoms with Gasteiger partial charge in [-0.05, 0) is 60.6 Å². The molecule has 0 aromatic heterocycles. The van der Waals surface area contributed by atoms with Gasteiger partial charge in [-0.15, -0.1) is 0 Å². The van der Waals surface area contributed by atoms with Crippen LogP contribution in [0.15, 0.2) is 42.5 Å². The molecule has 0 saturated carbocycles. The van der Waals surface area contributed by atoms with Gasteiger partial charge in [-0.25, -0.2) is 0 Å². The lowest BCUT2D eigenvalue weighted by atomic mass is 10.0. The molecule has 0 heterocycles. The van der Waals surface area contributed by atoms with E-state index in [0.717, 1.165) is 17.7 Å². The van der Waals surface area contributed by atoms with Crippen molar-refractivity contribution in [3.05, 3.63) is 53.1 Å². The quantitative estimate of drug-likeness (QED) is 0.721. The predicted octanol–water partition coefficient (Wildman–Crippen LogP) is 4.79. The maximum atomic E-state index is 5.89. The van der Waals surface area contributed by atoms with Gasteiger partial charge >= 0.3 is 0 Å². The molecule has 1 atom stereocenters. The molecule has 2 aromatic carbocycles. The van der Waals surface area contributed by atoms with Crippen LogP contribution in [-0.2, 0) is 0 Å². The van der Waals surface area contributed by atoms with Crippen molar-refractivity contribution < 1.29 is 9.47 Å². The number of hydrogen-bond acceptors (Lipinski definition) is 3. The summed E-state index contributed by atoms with van der Waals surface area (Å²) in [5.41, 5.74) is 1.97. The Bertz CT molecular complexity index is 692. The van der Waals surface area contributed by atoms with Gasteiger partial charge in [0.15, 0.2) is 16.6 Å². The van der Waals surface area contributed by atoms with Gasteiger partial charge in [0, 0.05) is 10.7 Å². The zero-order chi connectivity index (χ0) is 17.5. The number of ether oxygens (including phenoxy) is 2. The van der Waals surface area contributed by atoms with Crippen LogP contribution in [0.5, 0.6) is 11.5 Å². The van der Waals surface area contributed by atoms with E-state index in [2.05, 4.69) is 17.6 Å². The van der Waals surface area contributed by atoms with Gasteiger partial charge in [-0.3, -0.25) is 0 Å². The molecule has 128 valence electrons. The molecule has 0 aliphatic carbocycles. The van der Waals surface area contributed by atoms with Crippen molar-refractivity contribution in [2.75, 3.05) is 19.5 Å². The first-order chi connectivity index (χ1) is 11.6. The average Bonchev–Trinajstić information content (AvgIpc) is 2.61. The summed E-state index contributed by atoms with van der Waals surface area (Å²) in [6, 6.07) is 13.3. The van der Waals surface area contributed by atoms with E-state index in [1.807, 2.05) is 42.5 Å². The number of hydrogen-bond donors (Lipinski definition) is 2. The molecule has 0 spiro atoms. The normalized spacial score (nSPS) is 11.5. The summed E-state index contributed by atoms with van der Waals surface area (Å²) >= 11 is 11.3. The smallest absolute Gasteiger partial charge is 0.171 e. The van der Waals surface area contributed by atoms with Crippen LogP contribution in [0.3, 0.4) is 0 Å². The van der Waals surface area contributed by atoms with Crippen molar-refractivity contribution >= 4 is 34.6 Å². The van der Waals surface area contributed by atoms with Crippen molar-refractivity contribution in [1.82, 2.24) is 5.32 Å². The molecule has 0 unspecified atom stereocenters. The highest BCUT2D eigenvalue weighted by Crippen LogP contribution is 2.30. The third-order valence-corrected chi connectivity index (χ3v) is 4.10. The largest absolute Gasteiger partial charge is 0.493 e. The first-order valence-electron chi connectivity index (χ1n) is 7.62. The fraction of sp³-hybridized carbons (Fsp3) is 0.278. The van der Waals surface area contributed by atoms with E-state index in [-0.39, 0.29) is 6.04 Å². The zero-order valence-corrected chi connectivity index (χ0v) is 15.5. The van der Waals surface area contributed by atoms with E-state index in [1.54, 1.807) is 14.2 Å². The second kappa shape index (κ2) is 8.76. The maximum Gasteiger partial charge on any atom is 0.171 e. The first kappa shape index (κ1) is 18.4. The van der Waals surface area contributed by atoms with Crippen LogP contribution in [0, 0.1) is 0 Å². The van der Waals surface area contributed by atoms with Gasteiger partial charge in [-0.1, -0.05) is 24.6 Å².